The highest BCUT2D eigenvalue weighted by molar-refractivity contribution is 8.01. The average Bonchev–Trinajstić information content (AvgIpc) is 3.19. The van der Waals surface area contributed by atoms with E-state index in [4.69, 9.17) is 0 Å². The van der Waals surface area contributed by atoms with Crippen molar-refractivity contribution in [2.24, 2.45) is 0 Å². The number of aryl methyl sites for hydroxylation is 2. The fourth-order valence-corrected chi connectivity index (χ4v) is 5.11. The Hall–Kier alpha value is -1.34. The largest absolute Gasteiger partial charge is 0.353 e. The van der Waals surface area contributed by atoms with E-state index >= 15 is 0 Å². The van der Waals surface area contributed by atoms with E-state index in [0.29, 0.717) is 17.7 Å². The monoisotopic (exact) mass is 350 g/mol. The van der Waals surface area contributed by atoms with Gasteiger partial charge in [0.05, 0.1) is 6.20 Å². The second-order valence-electron chi connectivity index (χ2n) is 6.02. The summed E-state index contributed by atoms with van der Waals surface area (Å²) in [6.07, 6.45) is 9.33. The van der Waals surface area contributed by atoms with Gasteiger partial charge in [-0.05, 0) is 44.6 Å². The molecule has 23 heavy (non-hydrogen) atoms. The molecule has 1 fully saturated rings. The van der Waals surface area contributed by atoms with Crippen LogP contribution in [-0.4, -0.2) is 32.4 Å². The van der Waals surface area contributed by atoms with Gasteiger partial charge in [0.25, 0.3) is 0 Å². The highest BCUT2D eigenvalue weighted by Gasteiger charge is 2.23. The third-order valence-corrected chi connectivity index (χ3v) is 6.53. The molecule has 0 saturated heterocycles. The van der Waals surface area contributed by atoms with Gasteiger partial charge >= 0.3 is 0 Å². The van der Waals surface area contributed by atoms with Gasteiger partial charge in [-0.25, -0.2) is 4.98 Å². The molecule has 0 radical (unpaired) electrons. The van der Waals surface area contributed by atoms with Crippen molar-refractivity contribution in [3.05, 3.63) is 29.0 Å². The van der Waals surface area contributed by atoms with Crippen molar-refractivity contribution in [2.75, 3.05) is 0 Å². The van der Waals surface area contributed by atoms with Crippen LogP contribution < -0.4 is 5.32 Å². The van der Waals surface area contributed by atoms with Crippen LogP contribution >= 0.6 is 23.1 Å². The van der Waals surface area contributed by atoms with E-state index in [2.05, 4.69) is 25.9 Å². The molecule has 5 nitrogen and oxygen atoms in total. The summed E-state index contributed by atoms with van der Waals surface area (Å²) >= 11 is 3.63. The van der Waals surface area contributed by atoms with Crippen LogP contribution in [0.3, 0.4) is 0 Å². The van der Waals surface area contributed by atoms with E-state index in [1.54, 1.807) is 17.5 Å². The first-order chi connectivity index (χ1) is 11.2. The van der Waals surface area contributed by atoms with Crippen LogP contribution in [-0.2, 0) is 11.2 Å². The lowest BCUT2D eigenvalue weighted by molar-refractivity contribution is -0.121. The zero-order chi connectivity index (χ0) is 16.1. The van der Waals surface area contributed by atoms with Gasteiger partial charge in [-0.15, -0.1) is 11.3 Å². The van der Waals surface area contributed by atoms with Crippen molar-refractivity contribution in [3.8, 4) is 0 Å². The summed E-state index contributed by atoms with van der Waals surface area (Å²) in [5.41, 5.74) is 2.19. The van der Waals surface area contributed by atoms with Gasteiger partial charge in [0.2, 0.25) is 5.91 Å². The minimum absolute atomic E-state index is 0.151. The van der Waals surface area contributed by atoms with Crippen LogP contribution in [0.25, 0.3) is 0 Å². The number of thioether (sulfide) groups is 1. The Morgan fingerprint density at radius 1 is 1.43 bits per heavy atom. The van der Waals surface area contributed by atoms with Gasteiger partial charge in [0.15, 0.2) is 0 Å². The maximum Gasteiger partial charge on any atom is 0.220 e. The van der Waals surface area contributed by atoms with Gasteiger partial charge in [0, 0.05) is 35.0 Å². The van der Waals surface area contributed by atoms with Crippen molar-refractivity contribution < 1.29 is 4.79 Å². The number of amides is 1. The van der Waals surface area contributed by atoms with Gasteiger partial charge in [-0.2, -0.15) is 5.10 Å². The Morgan fingerprint density at radius 3 is 2.91 bits per heavy atom. The maximum absolute atomic E-state index is 12.0. The van der Waals surface area contributed by atoms with Crippen molar-refractivity contribution in [3.63, 3.8) is 0 Å². The molecule has 2 heterocycles. The molecule has 1 amide bonds. The van der Waals surface area contributed by atoms with Crippen LogP contribution in [0.4, 0.5) is 0 Å². The van der Waals surface area contributed by atoms with Crippen LogP contribution in [0, 0.1) is 6.92 Å². The van der Waals surface area contributed by atoms with E-state index in [1.807, 2.05) is 24.9 Å². The summed E-state index contributed by atoms with van der Waals surface area (Å²) in [6.45, 7) is 2.04. The number of nitrogens with zero attached hydrogens (tertiary/aromatic N) is 2. The molecule has 3 rings (SSSR count). The lowest BCUT2D eigenvalue weighted by atomic mass is 9.95. The molecular weight excluding hydrogens is 328 g/mol. The highest BCUT2D eigenvalue weighted by atomic mass is 32.2. The summed E-state index contributed by atoms with van der Waals surface area (Å²) < 4.78 is 1.18. The Balaban J connectivity index is 1.36. The Morgan fingerprint density at radius 2 is 2.26 bits per heavy atom. The molecule has 2 aromatic rings. The predicted octanol–water partition coefficient (Wildman–Crippen LogP) is 3.33. The fraction of sp³-hybridized carbons (Fsp3) is 0.562. The van der Waals surface area contributed by atoms with Crippen LogP contribution in [0.2, 0.25) is 0 Å². The molecule has 1 aliphatic carbocycles. The Labute approximate surface area is 144 Å². The molecule has 0 unspecified atom stereocenters. The lowest BCUT2D eigenvalue weighted by Gasteiger charge is -2.28. The maximum atomic E-state index is 12.0. The van der Waals surface area contributed by atoms with Gasteiger partial charge < -0.3 is 5.32 Å². The number of nitrogens with one attached hydrogen (secondary N) is 2. The standard InChI is InChI=1S/C16H22N4OS2/c1-11-10-22-16(19-11)23-14-5-3-13(4-6-14)20-15(21)7-2-12-8-17-18-9-12/h8-10,13-14H,2-7H2,1H3,(H,17,18)(H,20,21). The smallest absolute Gasteiger partial charge is 0.220 e. The molecule has 0 aromatic carbocycles. The van der Waals surface area contributed by atoms with E-state index < -0.39 is 0 Å². The lowest BCUT2D eigenvalue weighted by Crippen LogP contribution is -2.38. The second-order valence-corrected chi connectivity index (χ2v) is 8.43. The van der Waals surface area contributed by atoms with Crippen molar-refractivity contribution in [1.82, 2.24) is 20.5 Å². The van der Waals surface area contributed by atoms with E-state index in [0.717, 1.165) is 43.4 Å². The molecule has 0 atom stereocenters. The molecule has 0 aliphatic heterocycles. The van der Waals surface area contributed by atoms with Crippen LogP contribution in [0.15, 0.2) is 22.1 Å². The quantitative estimate of drug-likeness (QED) is 0.838. The summed E-state index contributed by atoms with van der Waals surface area (Å²) in [5.74, 6) is 0.151. The number of aromatic nitrogens is 3. The summed E-state index contributed by atoms with van der Waals surface area (Å²) in [6, 6.07) is 0.335. The Bertz CT molecular complexity index is 618. The summed E-state index contributed by atoms with van der Waals surface area (Å²) in [7, 11) is 0. The fourth-order valence-electron chi connectivity index (χ4n) is 2.83. The minimum Gasteiger partial charge on any atom is -0.353 e. The summed E-state index contributed by atoms with van der Waals surface area (Å²) in [5, 5.41) is 12.6. The Kier molecular flexibility index (Phi) is 5.72. The molecule has 1 aliphatic rings. The molecule has 7 heteroatoms. The zero-order valence-electron chi connectivity index (χ0n) is 13.2. The van der Waals surface area contributed by atoms with Gasteiger partial charge in [0.1, 0.15) is 4.34 Å². The van der Waals surface area contributed by atoms with E-state index in [1.165, 1.54) is 4.34 Å². The second kappa shape index (κ2) is 7.97. The third-order valence-electron chi connectivity index (χ3n) is 4.10. The number of thiazole rings is 1. The SMILES string of the molecule is Cc1csc(SC2CCC(NC(=O)CCc3cn[nH]c3)CC2)n1. The first-order valence-corrected chi connectivity index (χ1v) is 9.81. The van der Waals surface area contributed by atoms with E-state index in [-0.39, 0.29) is 5.91 Å². The van der Waals surface area contributed by atoms with Crippen molar-refractivity contribution in [2.45, 2.75) is 61.1 Å². The zero-order valence-corrected chi connectivity index (χ0v) is 14.9. The van der Waals surface area contributed by atoms with Gasteiger partial charge in [-0.3, -0.25) is 9.89 Å². The molecular formula is C16H22N4OS2. The van der Waals surface area contributed by atoms with Gasteiger partial charge in [-0.1, -0.05) is 11.8 Å². The number of rotatable bonds is 6. The number of carbonyl (C=O) groups excluding carboxylic acids is 1. The summed E-state index contributed by atoms with van der Waals surface area (Å²) in [4.78, 5) is 16.6. The van der Waals surface area contributed by atoms with Crippen LogP contribution in [0.1, 0.15) is 43.4 Å². The van der Waals surface area contributed by atoms with Crippen molar-refractivity contribution >= 4 is 29.0 Å². The molecule has 2 N–H and O–H groups in total. The molecule has 1 saturated carbocycles. The first kappa shape index (κ1) is 16.5. The molecule has 0 spiro atoms. The molecule has 0 bridgehead atoms. The minimum atomic E-state index is 0.151. The number of H-pyrrole nitrogens is 1. The highest BCUT2D eigenvalue weighted by Crippen LogP contribution is 2.35. The third kappa shape index (κ3) is 5.07. The number of aromatic amines is 1. The number of hydrogen-bond acceptors (Lipinski definition) is 5. The number of hydrogen-bond donors (Lipinski definition) is 2. The predicted molar refractivity (Wildman–Crippen MR) is 93.8 cm³/mol. The average molecular weight is 351 g/mol. The van der Waals surface area contributed by atoms with Crippen LogP contribution in [0.5, 0.6) is 0 Å². The molecule has 2 aromatic heterocycles. The van der Waals surface area contributed by atoms with E-state index in [9.17, 15) is 4.79 Å². The topological polar surface area (TPSA) is 70.7 Å². The first-order valence-electron chi connectivity index (χ1n) is 8.05. The molecule has 124 valence electrons. The normalized spacial score (nSPS) is 21.3. The van der Waals surface area contributed by atoms with Crippen molar-refractivity contribution in [1.29, 1.82) is 0 Å². The number of carbonyl (C=O) groups is 1.